The molecule has 1 N–H and O–H groups in total. The average molecular weight is 402 g/mol. The van der Waals surface area contributed by atoms with Crippen molar-refractivity contribution in [3.8, 4) is 11.3 Å². The van der Waals surface area contributed by atoms with Crippen LogP contribution in [-0.2, 0) is 14.1 Å². The van der Waals surface area contributed by atoms with Gasteiger partial charge in [0.15, 0.2) is 0 Å². The molecule has 0 bridgehead atoms. The molecular weight excluding hydrogens is 374 g/mol. The first kappa shape index (κ1) is 18.7. The Labute approximate surface area is 176 Å². The van der Waals surface area contributed by atoms with Crippen LogP contribution in [0.25, 0.3) is 22.2 Å². The SMILES string of the molecule is CN1CCN(c2ccc(Nc3cc4c(cn3)cc(-c3cnn(C)c3)n4C)cc2)CC1. The summed E-state index contributed by atoms with van der Waals surface area (Å²) in [4.78, 5) is 9.43. The fourth-order valence-electron chi connectivity index (χ4n) is 4.10. The monoisotopic (exact) mass is 401 g/mol. The Bertz CT molecular complexity index is 1160. The van der Waals surface area contributed by atoms with Crippen molar-refractivity contribution in [2.45, 2.75) is 0 Å². The van der Waals surface area contributed by atoms with E-state index in [4.69, 9.17) is 0 Å². The Kier molecular flexibility index (Phi) is 4.67. The number of aromatic nitrogens is 4. The van der Waals surface area contributed by atoms with Crippen LogP contribution in [0.3, 0.4) is 0 Å². The summed E-state index contributed by atoms with van der Waals surface area (Å²) in [5.41, 5.74) is 5.70. The quantitative estimate of drug-likeness (QED) is 0.568. The van der Waals surface area contributed by atoms with Crippen molar-refractivity contribution < 1.29 is 0 Å². The van der Waals surface area contributed by atoms with Gasteiger partial charge in [0.05, 0.1) is 17.4 Å². The number of nitrogens with zero attached hydrogens (tertiary/aromatic N) is 6. The number of hydrogen-bond donors (Lipinski definition) is 1. The van der Waals surface area contributed by atoms with Crippen LogP contribution in [0.15, 0.2) is 55.0 Å². The molecule has 0 atom stereocenters. The number of likely N-dealkylation sites (N-methyl/N-ethyl adjacent to an activating group) is 1. The lowest BCUT2D eigenvalue weighted by molar-refractivity contribution is 0.313. The van der Waals surface area contributed by atoms with E-state index in [9.17, 15) is 0 Å². The van der Waals surface area contributed by atoms with Crippen molar-refractivity contribution in [1.82, 2.24) is 24.2 Å². The topological polar surface area (TPSA) is 54.1 Å². The Balaban J connectivity index is 1.36. The lowest BCUT2D eigenvalue weighted by Gasteiger charge is -2.34. The van der Waals surface area contributed by atoms with Gasteiger partial charge in [-0.1, -0.05) is 0 Å². The molecule has 7 nitrogen and oxygen atoms in total. The maximum atomic E-state index is 4.61. The summed E-state index contributed by atoms with van der Waals surface area (Å²) in [5.74, 6) is 0.841. The molecule has 0 aliphatic carbocycles. The first-order valence-electron chi connectivity index (χ1n) is 10.3. The van der Waals surface area contributed by atoms with Crippen LogP contribution in [0, 0.1) is 0 Å². The van der Waals surface area contributed by atoms with E-state index in [1.54, 1.807) is 0 Å². The largest absolute Gasteiger partial charge is 0.369 e. The fraction of sp³-hybridized carbons (Fsp3) is 0.304. The third-order valence-electron chi connectivity index (χ3n) is 5.94. The summed E-state index contributed by atoms with van der Waals surface area (Å²) in [5, 5.41) is 8.86. The van der Waals surface area contributed by atoms with Crippen molar-refractivity contribution >= 4 is 28.1 Å². The number of rotatable bonds is 4. The zero-order chi connectivity index (χ0) is 20.7. The van der Waals surface area contributed by atoms with E-state index in [1.807, 2.05) is 30.3 Å². The highest BCUT2D eigenvalue weighted by Gasteiger charge is 2.14. The average Bonchev–Trinajstić information content (AvgIpc) is 3.32. The number of hydrogen-bond acceptors (Lipinski definition) is 5. The fourth-order valence-corrected chi connectivity index (χ4v) is 4.10. The third-order valence-corrected chi connectivity index (χ3v) is 5.94. The molecule has 0 amide bonds. The van der Waals surface area contributed by atoms with Crippen LogP contribution in [0.4, 0.5) is 17.2 Å². The van der Waals surface area contributed by atoms with Crippen molar-refractivity contribution in [1.29, 1.82) is 0 Å². The standard InChI is InChI=1S/C23H27N7/c1-27-8-10-30(11-9-27)20-6-4-19(5-7-20)26-23-13-22-17(14-24-23)12-21(29(22)3)18-15-25-28(2)16-18/h4-7,12-16H,8-11H2,1-3H3,(H,24,26). The number of piperazine rings is 1. The van der Waals surface area contributed by atoms with E-state index >= 15 is 0 Å². The number of pyridine rings is 1. The van der Waals surface area contributed by atoms with Gasteiger partial charge < -0.3 is 19.7 Å². The first-order valence-corrected chi connectivity index (χ1v) is 10.3. The van der Waals surface area contributed by atoms with Gasteiger partial charge in [0, 0.05) is 81.1 Å². The third kappa shape index (κ3) is 3.52. The second-order valence-corrected chi connectivity index (χ2v) is 8.08. The minimum atomic E-state index is 0.841. The normalized spacial score (nSPS) is 15.1. The van der Waals surface area contributed by atoms with E-state index in [-0.39, 0.29) is 0 Å². The first-order chi connectivity index (χ1) is 14.6. The van der Waals surface area contributed by atoms with Crippen LogP contribution in [0.1, 0.15) is 0 Å². The van der Waals surface area contributed by atoms with Crippen molar-refractivity contribution in [3.63, 3.8) is 0 Å². The molecule has 1 aliphatic rings. The highest BCUT2D eigenvalue weighted by Crippen LogP contribution is 2.29. The molecular formula is C23H27N7. The Morgan fingerprint density at radius 3 is 2.37 bits per heavy atom. The van der Waals surface area contributed by atoms with Crippen LogP contribution in [0.2, 0.25) is 0 Å². The van der Waals surface area contributed by atoms with Crippen molar-refractivity contribution in [2.24, 2.45) is 14.1 Å². The summed E-state index contributed by atoms with van der Waals surface area (Å²) >= 11 is 0. The number of fused-ring (bicyclic) bond motifs is 1. The maximum Gasteiger partial charge on any atom is 0.132 e. The second-order valence-electron chi connectivity index (χ2n) is 8.08. The van der Waals surface area contributed by atoms with Gasteiger partial charge >= 0.3 is 0 Å². The maximum absolute atomic E-state index is 4.61. The minimum Gasteiger partial charge on any atom is -0.369 e. The highest BCUT2D eigenvalue weighted by molar-refractivity contribution is 5.88. The summed E-state index contributed by atoms with van der Waals surface area (Å²) < 4.78 is 4.01. The van der Waals surface area contributed by atoms with Crippen LogP contribution < -0.4 is 10.2 Å². The zero-order valence-electron chi connectivity index (χ0n) is 17.7. The van der Waals surface area contributed by atoms with Crippen LogP contribution >= 0.6 is 0 Å². The summed E-state index contributed by atoms with van der Waals surface area (Å²) in [6.07, 6.45) is 5.85. The Hall–Kier alpha value is -3.32. The van der Waals surface area contributed by atoms with Crippen LogP contribution in [0.5, 0.6) is 0 Å². The second kappa shape index (κ2) is 7.50. The molecule has 3 aromatic heterocycles. The molecule has 1 aromatic carbocycles. The van der Waals surface area contributed by atoms with Gasteiger partial charge in [-0.05, 0) is 37.4 Å². The highest BCUT2D eigenvalue weighted by atomic mass is 15.2. The molecule has 1 saturated heterocycles. The number of benzene rings is 1. The molecule has 0 radical (unpaired) electrons. The summed E-state index contributed by atoms with van der Waals surface area (Å²) in [6.45, 7) is 4.38. The minimum absolute atomic E-state index is 0.841. The van der Waals surface area contributed by atoms with Crippen molar-refractivity contribution in [2.75, 3.05) is 43.4 Å². The molecule has 5 rings (SSSR count). The summed E-state index contributed by atoms with van der Waals surface area (Å²) in [6, 6.07) is 12.9. The molecule has 0 saturated carbocycles. The van der Waals surface area contributed by atoms with Crippen molar-refractivity contribution in [3.05, 3.63) is 55.0 Å². The molecule has 1 fully saturated rings. The molecule has 0 spiro atoms. The number of anilines is 3. The molecule has 30 heavy (non-hydrogen) atoms. The van der Waals surface area contributed by atoms with E-state index in [1.165, 1.54) is 5.69 Å². The van der Waals surface area contributed by atoms with Gasteiger partial charge in [-0.15, -0.1) is 0 Å². The predicted octanol–water partition coefficient (Wildman–Crippen LogP) is 3.47. The Morgan fingerprint density at radius 1 is 0.900 bits per heavy atom. The molecule has 0 unspecified atom stereocenters. The van der Waals surface area contributed by atoms with Gasteiger partial charge in [-0.25, -0.2) is 4.98 Å². The van der Waals surface area contributed by atoms with E-state index in [0.717, 1.165) is 59.8 Å². The number of aryl methyl sites for hydroxylation is 2. The molecule has 4 aromatic rings. The lowest BCUT2D eigenvalue weighted by Crippen LogP contribution is -2.44. The zero-order valence-corrected chi connectivity index (χ0v) is 17.7. The molecule has 1 aliphatic heterocycles. The molecule has 4 heterocycles. The lowest BCUT2D eigenvalue weighted by atomic mass is 10.2. The summed E-state index contributed by atoms with van der Waals surface area (Å²) in [7, 11) is 6.20. The van der Waals surface area contributed by atoms with E-state index in [2.05, 4.69) is 80.3 Å². The molecule has 154 valence electrons. The van der Waals surface area contributed by atoms with E-state index < -0.39 is 0 Å². The van der Waals surface area contributed by atoms with Gasteiger partial charge in [0.25, 0.3) is 0 Å². The predicted molar refractivity (Wildman–Crippen MR) is 122 cm³/mol. The number of nitrogens with one attached hydrogen (secondary N) is 1. The Morgan fingerprint density at radius 2 is 1.67 bits per heavy atom. The van der Waals surface area contributed by atoms with Gasteiger partial charge in [-0.2, -0.15) is 5.10 Å². The van der Waals surface area contributed by atoms with Gasteiger partial charge in [0.1, 0.15) is 5.82 Å². The smallest absolute Gasteiger partial charge is 0.132 e. The van der Waals surface area contributed by atoms with Crippen LogP contribution in [-0.4, -0.2) is 57.5 Å². The van der Waals surface area contributed by atoms with Gasteiger partial charge in [-0.3, -0.25) is 4.68 Å². The molecule has 7 heteroatoms. The van der Waals surface area contributed by atoms with Gasteiger partial charge in [0.2, 0.25) is 0 Å². The van der Waals surface area contributed by atoms with E-state index in [0.29, 0.717) is 0 Å².